The molecule has 1 unspecified atom stereocenters. The van der Waals surface area contributed by atoms with Gasteiger partial charge < -0.3 is 10.6 Å². The molecule has 1 aliphatic rings. The molecule has 0 heterocycles. The Morgan fingerprint density at radius 3 is 2.67 bits per heavy atom. The molecule has 1 aliphatic carbocycles. The van der Waals surface area contributed by atoms with Crippen molar-refractivity contribution in [3.63, 3.8) is 0 Å². The summed E-state index contributed by atoms with van der Waals surface area (Å²) in [5.74, 6) is 0.412. The molecule has 1 amide bonds. The molecule has 116 valence electrons. The summed E-state index contributed by atoms with van der Waals surface area (Å²) in [4.78, 5) is 15.1. The van der Waals surface area contributed by atoms with Gasteiger partial charge in [0.1, 0.15) is 0 Å². The highest BCUT2D eigenvalue weighted by molar-refractivity contribution is 5.96. The number of hydrogen-bond acceptors (Lipinski definition) is 2. The van der Waals surface area contributed by atoms with Gasteiger partial charge in [-0.3, -0.25) is 4.79 Å². The first-order chi connectivity index (χ1) is 9.97. The number of aryl methyl sites for hydroxylation is 1. The molecule has 0 aliphatic heterocycles. The standard InChI is InChI=1S/C18H28N2O/c1-14-8-4-5-10-16(14)20(13-7-12-19)17(21)15-9-6-11-18(15,2)3/h4-5,8,10,15H,6-7,9,11-13,19H2,1-3H3. The van der Waals surface area contributed by atoms with Crippen LogP contribution in [0.25, 0.3) is 0 Å². The van der Waals surface area contributed by atoms with E-state index in [1.165, 1.54) is 0 Å². The number of hydrogen-bond donors (Lipinski definition) is 1. The zero-order valence-electron chi connectivity index (χ0n) is 13.6. The number of nitrogens with zero attached hydrogens (tertiary/aromatic N) is 1. The molecule has 0 spiro atoms. The number of anilines is 1. The van der Waals surface area contributed by atoms with Crippen LogP contribution in [-0.4, -0.2) is 19.0 Å². The molecular weight excluding hydrogens is 260 g/mol. The summed E-state index contributed by atoms with van der Waals surface area (Å²) in [5.41, 5.74) is 7.97. The van der Waals surface area contributed by atoms with Crippen molar-refractivity contribution >= 4 is 11.6 Å². The van der Waals surface area contributed by atoms with Crippen LogP contribution in [-0.2, 0) is 4.79 Å². The third-order valence-electron chi connectivity index (χ3n) is 4.81. The average Bonchev–Trinajstić information content (AvgIpc) is 2.80. The van der Waals surface area contributed by atoms with Gasteiger partial charge in [-0.15, -0.1) is 0 Å². The molecule has 1 aromatic rings. The van der Waals surface area contributed by atoms with Crippen LogP contribution in [0.5, 0.6) is 0 Å². The van der Waals surface area contributed by atoms with Crippen LogP contribution >= 0.6 is 0 Å². The first-order valence-corrected chi connectivity index (χ1v) is 8.04. The Morgan fingerprint density at radius 2 is 2.10 bits per heavy atom. The van der Waals surface area contributed by atoms with Gasteiger partial charge in [0, 0.05) is 18.2 Å². The van der Waals surface area contributed by atoms with Crippen LogP contribution in [0.1, 0.15) is 45.1 Å². The molecule has 1 fully saturated rings. The van der Waals surface area contributed by atoms with Crippen LogP contribution < -0.4 is 10.6 Å². The molecule has 0 radical (unpaired) electrons. The Balaban J connectivity index is 2.28. The van der Waals surface area contributed by atoms with E-state index >= 15 is 0 Å². The van der Waals surface area contributed by atoms with E-state index in [1.54, 1.807) is 0 Å². The minimum Gasteiger partial charge on any atom is -0.330 e. The van der Waals surface area contributed by atoms with Crippen LogP contribution in [0.15, 0.2) is 24.3 Å². The first kappa shape index (κ1) is 16.0. The molecule has 0 aromatic heterocycles. The van der Waals surface area contributed by atoms with Gasteiger partial charge in [0.2, 0.25) is 5.91 Å². The van der Waals surface area contributed by atoms with Crippen molar-refractivity contribution in [1.82, 2.24) is 0 Å². The molecule has 2 rings (SSSR count). The highest BCUT2D eigenvalue weighted by Crippen LogP contribution is 2.44. The number of carbonyl (C=O) groups is 1. The Hall–Kier alpha value is -1.35. The van der Waals surface area contributed by atoms with Crippen molar-refractivity contribution in [2.45, 2.75) is 46.5 Å². The lowest BCUT2D eigenvalue weighted by molar-refractivity contribution is -0.124. The number of carbonyl (C=O) groups excluding carboxylic acids is 1. The third kappa shape index (κ3) is 3.46. The van der Waals surface area contributed by atoms with Gasteiger partial charge in [0.25, 0.3) is 0 Å². The lowest BCUT2D eigenvalue weighted by Crippen LogP contribution is -2.41. The fourth-order valence-corrected chi connectivity index (χ4v) is 3.44. The van der Waals surface area contributed by atoms with Gasteiger partial charge in [0.15, 0.2) is 0 Å². The zero-order valence-corrected chi connectivity index (χ0v) is 13.6. The summed E-state index contributed by atoms with van der Waals surface area (Å²) >= 11 is 0. The Kier molecular flexibility index (Phi) is 5.04. The monoisotopic (exact) mass is 288 g/mol. The molecule has 3 nitrogen and oxygen atoms in total. The highest BCUT2D eigenvalue weighted by atomic mass is 16.2. The van der Waals surface area contributed by atoms with Gasteiger partial charge in [0.05, 0.1) is 0 Å². The summed E-state index contributed by atoms with van der Waals surface area (Å²) in [6.07, 6.45) is 4.15. The predicted molar refractivity (Wildman–Crippen MR) is 88.3 cm³/mol. The fraction of sp³-hybridized carbons (Fsp3) is 0.611. The smallest absolute Gasteiger partial charge is 0.230 e. The second-order valence-corrected chi connectivity index (χ2v) is 6.85. The number of nitrogens with two attached hydrogens (primary N) is 1. The maximum atomic E-state index is 13.1. The SMILES string of the molecule is Cc1ccccc1N(CCCN)C(=O)C1CCCC1(C)C. The molecule has 3 heteroatoms. The Bertz CT molecular complexity index is 496. The third-order valence-corrected chi connectivity index (χ3v) is 4.81. The Morgan fingerprint density at radius 1 is 1.38 bits per heavy atom. The largest absolute Gasteiger partial charge is 0.330 e. The zero-order chi connectivity index (χ0) is 15.5. The van der Waals surface area contributed by atoms with E-state index in [2.05, 4.69) is 26.8 Å². The normalized spacial score (nSPS) is 20.5. The molecule has 21 heavy (non-hydrogen) atoms. The van der Waals surface area contributed by atoms with Gasteiger partial charge in [-0.05, 0) is 49.8 Å². The molecule has 2 N–H and O–H groups in total. The summed E-state index contributed by atoms with van der Waals surface area (Å²) in [7, 11) is 0. The maximum Gasteiger partial charge on any atom is 0.230 e. The van der Waals surface area contributed by atoms with Crippen molar-refractivity contribution in [3.8, 4) is 0 Å². The van der Waals surface area contributed by atoms with Gasteiger partial charge in [-0.1, -0.05) is 38.5 Å². The molecule has 0 bridgehead atoms. The number of benzene rings is 1. The molecule has 1 aromatic carbocycles. The quantitative estimate of drug-likeness (QED) is 0.901. The van der Waals surface area contributed by atoms with Crippen LogP contribution in [0.4, 0.5) is 5.69 Å². The molecule has 1 atom stereocenters. The second kappa shape index (κ2) is 6.61. The Labute approximate surface area is 128 Å². The minimum absolute atomic E-state index is 0.112. The fourth-order valence-electron chi connectivity index (χ4n) is 3.44. The van der Waals surface area contributed by atoms with Gasteiger partial charge in [-0.2, -0.15) is 0 Å². The van der Waals surface area contributed by atoms with E-state index < -0.39 is 0 Å². The van der Waals surface area contributed by atoms with Crippen molar-refractivity contribution in [1.29, 1.82) is 0 Å². The summed E-state index contributed by atoms with van der Waals surface area (Å²) in [6.45, 7) is 7.84. The average molecular weight is 288 g/mol. The van der Waals surface area contributed by atoms with Crippen LogP contribution in [0, 0.1) is 18.3 Å². The minimum atomic E-state index is 0.112. The predicted octanol–water partition coefficient (Wildman–Crippen LogP) is 3.50. The van der Waals surface area contributed by atoms with E-state index in [0.717, 1.165) is 36.9 Å². The molecule has 1 saturated carbocycles. The van der Waals surface area contributed by atoms with E-state index in [9.17, 15) is 4.79 Å². The first-order valence-electron chi connectivity index (χ1n) is 8.04. The molecule has 0 saturated heterocycles. The number of rotatable bonds is 5. The molecular formula is C18H28N2O. The lowest BCUT2D eigenvalue weighted by atomic mass is 9.81. The number of amides is 1. The number of para-hydroxylation sites is 1. The van der Waals surface area contributed by atoms with E-state index in [-0.39, 0.29) is 17.2 Å². The summed E-state index contributed by atoms with van der Waals surface area (Å²) in [6, 6.07) is 8.14. The van der Waals surface area contributed by atoms with Gasteiger partial charge in [-0.25, -0.2) is 0 Å². The summed E-state index contributed by atoms with van der Waals surface area (Å²) < 4.78 is 0. The van der Waals surface area contributed by atoms with E-state index in [4.69, 9.17) is 5.73 Å². The van der Waals surface area contributed by atoms with E-state index in [0.29, 0.717) is 13.1 Å². The maximum absolute atomic E-state index is 13.1. The topological polar surface area (TPSA) is 46.3 Å². The van der Waals surface area contributed by atoms with Gasteiger partial charge >= 0.3 is 0 Å². The van der Waals surface area contributed by atoms with Crippen LogP contribution in [0.3, 0.4) is 0 Å². The van der Waals surface area contributed by atoms with Crippen molar-refractivity contribution in [3.05, 3.63) is 29.8 Å². The summed E-state index contributed by atoms with van der Waals surface area (Å²) in [5, 5.41) is 0. The highest BCUT2D eigenvalue weighted by Gasteiger charge is 2.41. The van der Waals surface area contributed by atoms with Crippen LogP contribution in [0.2, 0.25) is 0 Å². The van der Waals surface area contributed by atoms with Crippen molar-refractivity contribution in [2.75, 3.05) is 18.0 Å². The second-order valence-electron chi connectivity index (χ2n) is 6.85. The van der Waals surface area contributed by atoms with Crippen molar-refractivity contribution < 1.29 is 4.79 Å². The van der Waals surface area contributed by atoms with E-state index in [1.807, 2.05) is 23.1 Å². The van der Waals surface area contributed by atoms with Crippen molar-refractivity contribution in [2.24, 2.45) is 17.1 Å². The lowest BCUT2D eigenvalue weighted by Gasteiger charge is -2.33.